The van der Waals surface area contributed by atoms with Crippen molar-refractivity contribution in [2.75, 3.05) is 0 Å². The highest BCUT2D eigenvalue weighted by atomic mass is 16.4. The molecule has 2 rings (SSSR count). The van der Waals surface area contributed by atoms with Crippen molar-refractivity contribution in [3.8, 4) is 0 Å². The van der Waals surface area contributed by atoms with Gasteiger partial charge in [-0.25, -0.2) is 0 Å². The number of aromatic nitrogens is 2. The van der Waals surface area contributed by atoms with E-state index in [-0.39, 0.29) is 0 Å². The van der Waals surface area contributed by atoms with Gasteiger partial charge in [-0.2, -0.15) is 5.10 Å². The van der Waals surface area contributed by atoms with Crippen LogP contribution in [0, 0.1) is 12.3 Å². The number of hydrogen-bond acceptors (Lipinski definition) is 2. The number of hydrogen-bond donors (Lipinski definition) is 1. The Balaban J connectivity index is 2.16. The number of carboxylic acid groups (broad SMARTS) is 1. The van der Waals surface area contributed by atoms with Crippen molar-refractivity contribution >= 4 is 5.97 Å². The van der Waals surface area contributed by atoms with E-state index < -0.39 is 11.4 Å². The van der Waals surface area contributed by atoms with Crippen LogP contribution < -0.4 is 0 Å². The highest BCUT2D eigenvalue weighted by Gasteiger charge is 2.40. The maximum Gasteiger partial charge on any atom is 0.311 e. The summed E-state index contributed by atoms with van der Waals surface area (Å²) >= 11 is 0. The smallest absolute Gasteiger partial charge is 0.311 e. The molecule has 0 amide bonds. The summed E-state index contributed by atoms with van der Waals surface area (Å²) < 4.78 is 1.77. The normalized spacial score (nSPS) is 19.6. The molecule has 1 N–H and O–H groups in total. The lowest BCUT2D eigenvalue weighted by atomic mass is 9.74. The molecule has 0 unspecified atom stereocenters. The Kier molecular flexibility index (Phi) is 2.99. The lowest BCUT2D eigenvalue weighted by molar-refractivity contribution is -0.152. The van der Waals surface area contributed by atoms with Gasteiger partial charge in [-0.15, -0.1) is 0 Å². The van der Waals surface area contributed by atoms with E-state index in [1.54, 1.807) is 10.9 Å². The molecular formula is C12H18N2O2. The van der Waals surface area contributed by atoms with Crippen LogP contribution in [0.2, 0.25) is 0 Å². The van der Waals surface area contributed by atoms with Crippen LogP contribution in [0.15, 0.2) is 12.4 Å². The maximum atomic E-state index is 11.4. The first-order chi connectivity index (χ1) is 7.62. The highest BCUT2D eigenvalue weighted by molar-refractivity contribution is 5.74. The van der Waals surface area contributed by atoms with Crippen LogP contribution in [0.1, 0.15) is 37.7 Å². The minimum absolute atomic E-state index is 0.510. The second-order valence-corrected chi connectivity index (χ2v) is 4.86. The standard InChI is InChI=1S/C12H18N2O2/c1-10-7-13-14(8-10)9-12(11(15)16)5-3-2-4-6-12/h7-8H,2-6,9H2,1H3,(H,15,16). The molecule has 0 aromatic carbocycles. The maximum absolute atomic E-state index is 11.4. The van der Waals surface area contributed by atoms with Gasteiger partial charge in [0.15, 0.2) is 0 Å². The number of aliphatic carboxylic acids is 1. The quantitative estimate of drug-likeness (QED) is 0.853. The van der Waals surface area contributed by atoms with E-state index in [0.717, 1.165) is 37.7 Å². The largest absolute Gasteiger partial charge is 0.481 e. The molecule has 1 aromatic rings. The average Bonchev–Trinajstić information content (AvgIpc) is 2.65. The summed E-state index contributed by atoms with van der Waals surface area (Å²) in [6.45, 7) is 2.48. The van der Waals surface area contributed by atoms with Gasteiger partial charge >= 0.3 is 5.97 Å². The molecule has 16 heavy (non-hydrogen) atoms. The SMILES string of the molecule is Cc1cnn(CC2(C(=O)O)CCCCC2)c1. The van der Waals surface area contributed by atoms with E-state index in [4.69, 9.17) is 0 Å². The fourth-order valence-electron chi connectivity index (χ4n) is 2.53. The van der Waals surface area contributed by atoms with Crippen LogP contribution in [0.5, 0.6) is 0 Å². The Bertz CT molecular complexity index is 378. The molecule has 1 aliphatic carbocycles. The number of carboxylic acids is 1. The van der Waals surface area contributed by atoms with E-state index in [1.165, 1.54) is 0 Å². The highest BCUT2D eigenvalue weighted by Crippen LogP contribution is 2.37. The summed E-state index contributed by atoms with van der Waals surface area (Å²) in [5, 5.41) is 13.6. The van der Waals surface area contributed by atoms with E-state index in [1.807, 2.05) is 13.1 Å². The second-order valence-electron chi connectivity index (χ2n) is 4.86. The van der Waals surface area contributed by atoms with Crippen molar-refractivity contribution in [2.45, 2.75) is 45.6 Å². The summed E-state index contributed by atoms with van der Waals surface area (Å²) in [7, 11) is 0. The van der Waals surface area contributed by atoms with Gasteiger partial charge < -0.3 is 5.11 Å². The van der Waals surface area contributed by atoms with Gasteiger partial charge in [0.1, 0.15) is 0 Å². The minimum atomic E-state index is -0.666. The summed E-state index contributed by atoms with van der Waals surface area (Å²) in [6, 6.07) is 0. The number of carbonyl (C=O) groups is 1. The Morgan fingerprint density at radius 3 is 2.69 bits per heavy atom. The van der Waals surface area contributed by atoms with E-state index in [0.29, 0.717) is 6.54 Å². The van der Waals surface area contributed by atoms with Crippen LogP contribution >= 0.6 is 0 Å². The van der Waals surface area contributed by atoms with Gasteiger partial charge in [0, 0.05) is 6.20 Å². The molecule has 1 saturated carbocycles. The van der Waals surface area contributed by atoms with Gasteiger partial charge in [0.2, 0.25) is 0 Å². The van der Waals surface area contributed by atoms with Crippen LogP contribution in [0.3, 0.4) is 0 Å². The van der Waals surface area contributed by atoms with Gasteiger partial charge in [-0.05, 0) is 25.3 Å². The predicted molar refractivity (Wildman–Crippen MR) is 60.1 cm³/mol. The van der Waals surface area contributed by atoms with Gasteiger partial charge in [-0.1, -0.05) is 19.3 Å². The molecule has 1 aliphatic rings. The molecule has 88 valence electrons. The second kappa shape index (κ2) is 4.28. The average molecular weight is 222 g/mol. The van der Waals surface area contributed by atoms with Crippen LogP contribution in [-0.2, 0) is 11.3 Å². The predicted octanol–water partition coefficient (Wildman–Crippen LogP) is 2.23. The molecule has 4 heteroatoms. The number of nitrogens with zero attached hydrogens (tertiary/aromatic N) is 2. The van der Waals surface area contributed by atoms with Crippen LogP contribution in [-0.4, -0.2) is 20.9 Å². The Hall–Kier alpha value is -1.32. The molecule has 0 spiro atoms. The molecule has 0 radical (unpaired) electrons. The topological polar surface area (TPSA) is 55.1 Å². The zero-order chi connectivity index (χ0) is 11.6. The van der Waals surface area contributed by atoms with Crippen molar-refractivity contribution in [2.24, 2.45) is 5.41 Å². The third kappa shape index (κ3) is 2.10. The molecule has 1 aromatic heterocycles. The van der Waals surface area contributed by atoms with Crippen molar-refractivity contribution < 1.29 is 9.90 Å². The lowest BCUT2D eigenvalue weighted by Crippen LogP contribution is -2.37. The van der Waals surface area contributed by atoms with Crippen molar-refractivity contribution in [1.29, 1.82) is 0 Å². The molecule has 0 atom stereocenters. The molecule has 1 fully saturated rings. The molecule has 1 heterocycles. The Morgan fingerprint density at radius 2 is 2.19 bits per heavy atom. The fourth-order valence-corrected chi connectivity index (χ4v) is 2.53. The third-order valence-electron chi connectivity index (χ3n) is 3.49. The van der Waals surface area contributed by atoms with Crippen molar-refractivity contribution in [3.05, 3.63) is 18.0 Å². The lowest BCUT2D eigenvalue weighted by Gasteiger charge is -2.32. The summed E-state index contributed by atoms with van der Waals surface area (Å²) in [5.41, 5.74) is 0.493. The van der Waals surface area contributed by atoms with E-state index >= 15 is 0 Å². The first-order valence-corrected chi connectivity index (χ1v) is 5.85. The number of rotatable bonds is 3. The van der Waals surface area contributed by atoms with Gasteiger partial charge in [0.05, 0.1) is 18.2 Å². The van der Waals surface area contributed by atoms with Crippen LogP contribution in [0.25, 0.3) is 0 Å². The molecule has 0 aliphatic heterocycles. The fraction of sp³-hybridized carbons (Fsp3) is 0.667. The van der Waals surface area contributed by atoms with Crippen LogP contribution in [0.4, 0.5) is 0 Å². The van der Waals surface area contributed by atoms with E-state index in [2.05, 4.69) is 5.10 Å². The monoisotopic (exact) mass is 222 g/mol. The van der Waals surface area contributed by atoms with Gasteiger partial charge in [0.25, 0.3) is 0 Å². The molecule has 0 saturated heterocycles. The first-order valence-electron chi connectivity index (χ1n) is 5.85. The molecular weight excluding hydrogens is 204 g/mol. The molecule has 0 bridgehead atoms. The number of aryl methyl sites for hydroxylation is 1. The minimum Gasteiger partial charge on any atom is -0.481 e. The molecule has 4 nitrogen and oxygen atoms in total. The first kappa shape index (κ1) is 11.2. The third-order valence-corrected chi connectivity index (χ3v) is 3.49. The van der Waals surface area contributed by atoms with Gasteiger partial charge in [-0.3, -0.25) is 9.48 Å². The Labute approximate surface area is 95.3 Å². The summed E-state index contributed by atoms with van der Waals surface area (Å²) in [6.07, 6.45) is 8.45. The zero-order valence-corrected chi connectivity index (χ0v) is 9.65. The van der Waals surface area contributed by atoms with Crippen molar-refractivity contribution in [1.82, 2.24) is 9.78 Å². The van der Waals surface area contributed by atoms with Crippen molar-refractivity contribution in [3.63, 3.8) is 0 Å². The summed E-state index contributed by atoms with van der Waals surface area (Å²) in [4.78, 5) is 11.4. The van der Waals surface area contributed by atoms with E-state index in [9.17, 15) is 9.90 Å². The Morgan fingerprint density at radius 1 is 1.50 bits per heavy atom. The summed E-state index contributed by atoms with van der Waals surface area (Å²) in [5.74, 6) is -0.666. The zero-order valence-electron chi connectivity index (χ0n) is 9.65.